The highest BCUT2D eigenvalue weighted by molar-refractivity contribution is 5.81. The van der Waals surface area contributed by atoms with Crippen LogP contribution in [0.15, 0.2) is 6.08 Å². The maximum Gasteiger partial charge on any atom is 0.147 e. The molecule has 1 aliphatic heterocycles. The van der Waals surface area contributed by atoms with Crippen molar-refractivity contribution < 1.29 is 4.79 Å². The van der Waals surface area contributed by atoms with E-state index in [9.17, 15) is 4.79 Å². The third kappa shape index (κ3) is 1.64. The molecule has 9 heavy (non-hydrogen) atoms. The van der Waals surface area contributed by atoms with Crippen molar-refractivity contribution >= 4 is 5.78 Å². The number of hydrogen-bond acceptors (Lipinski definition) is 2. The monoisotopic (exact) mass is 124 g/mol. The zero-order chi connectivity index (χ0) is 6.69. The fourth-order valence-corrected chi connectivity index (χ4v) is 0.834. The van der Waals surface area contributed by atoms with Gasteiger partial charge < -0.3 is 5.32 Å². The molecule has 0 aliphatic carbocycles. The van der Waals surface area contributed by atoms with Gasteiger partial charge in [-0.2, -0.15) is 0 Å². The Kier molecular flexibility index (Phi) is 2.01. The summed E-state index contributed by atoms with van der Waals surface area (Å²) in [5.74, 6) is 0.204. The maximum atomic E-state index is 10.7. The molecule has 0 fully saturated rings. The summed E-state index contributed by atoms with van der Waals surface area (Å²) in [6.07, 6.45) is 5.66. The van der Waals surface area contributed by atoms with Crippen molar-refractivity contribution in [1.82, 2.24) is 5.32 Å². The second-order valence-corrected chi connectivity index (χ2v) is 2.18. The van der Waals surface area contributed by atoms with Crippen LogP contribution in [0.1, 0.15) is 13.3 Å². The van der Waals surface area contributed by atoms with E-state index in [-0.39, 0.29) is 11.8 Å². The lowest BCUT2D eigenvalue weighted by Crippen LogP contribution is -2.37. The average Bonchev–Trinajstić information content (AvgIpc) is 1.90. The van der Waals surface area contributed by atoms with Crippen LogP contribution in [0.5, 0.6) is 0 Å². The van der Waals surface area contributed by atoms with Gasteiger partial charge >= 0.3 is 0 Å². The highest BCUT2D eigenvalue weighted by atomic mass is 16.1. The minimum atomic E-state index is 0.0231. The van der Waals surface area contributed by atoms with Gasteiger partial charge in [0.1, 0.15) is 5.78 Å². The summed E-state index contributed by atoms with van der Waals surface area (Å²) in [6.45, 7) is 2.38. The van der Waals surface area contributed by atoms with Crippen molar-refractivity contribution in [3.8, 4) is 0 Å². The van der Waals surface area contributed by atoms with Crippen molar-refractivity contribution in [2.24, 2.45) is 0 Å². The van der Waals surface area contributed by atoms with Gasteiger partial charge in [0.2, 0.25) is 0 Å². The standard InChI is InChI=1S/C7H10NO/c1-6(9)7-4-2-3-5-8-7/h3,7-8H,4-5H2,1H3. The van der Waals surface area contributed by atoms with Crippen LogP contribution < -0.4 is 5.32 Å². The van der Waals surface area contributed by atoms with Crippen molar-refractivity contribution in [3.05, 3.63) is 12.2 Å². The summed E-state index contributed by atoms with van der Waals surface area (Å²) >= 11 is 0. The van der Waals surface area contributed by atoms with E-state index < -0.39 is 0 Å². The summed E-state index contributed by atoms with van der Waals surface area (Å²) < 4.78 is 0. The van der Waals surface area contributed by atoms with E-state index in [2.05, 4.69) is 11.4 Å². The molecule has 0 amide bonds. The zero-order valence-electron chi connectivity index (χ0n) is 5.48. The first-order valence-corrected chi connectivity index (χ1v) is 3.09. The molecule has 0 aromatic carbocycles. The molecule has 49 valence electrons. The van der Waals surface area contributed by atoms with Gasteiger partial charge in [0.15, 0.2) is 0 Å². The van der Waals surface area contributed by atoms with Crippen LogP contribution in [0.25, 0.3) is 0 Å². The SMILES string of the molecule is CC(=O)C1C[C]=CCN1. The lowest BCUT2D eigenvalue weighted by molar-refractivity contribution is -0.118. The molecule has 1 radical (unpaired) electrons. The number of nitrogens with one attached hydrogen (secondary N) is 1. The molecular weight excluding hydrogens is 114 g/mol. The van der Waals surface area contributed by atoms with E-state index in [1.54, 1.807) is 6.92 Å². The van der Waals surface area contributed by atoms with Gasteiger partial charge in [-0.3, -0.25) is 4.79 Å². The zero-order valence-corrected chi connectivity index (χ0v) is 5.48. The Morgan fingerprint density at radius 1 is 1.89 bits per heavy atom. The Balaban J connectivity index is 2.44. The van der Waals surface area contributed by atoms with E-state index in [0.29, 0.717) is 0 Å². The van der Waals surface area contributed by atoms with E-state index in [0.717, 1.165) is 13.0 Å². The lowest BCUT2D eigenvalue weighted by atomic mass is 10.1. The van der Waals surface area contributed by atoms with Crippen LogP contribution in [-0.4, -0.2) is 18.4 Å². The molecule has 0 saturated heterocycles. The molecule has 1 N–H and O–H groups in total. The molecule has 2 heteroatoms. The Hall–Kier alpha value is -0.630. The van der Waals surface area contributed by atoms with Gasteiger partial charge in [0, 0.05) is 6.54 Å². The van der Waals surface area contributed by atoms with Gasteiger partial charge in [-0.25, -0.2) is 0 Å². The Bertz CT molecular complexity index is 140. The van der Waals surface area contributed by atoms with Gasteiger partial charge in [0.05, 0.1) is 6.04 Å². The van der Waals surface area contributed by atoms with Gasteiger partial charge in [-0.1, -0.05) is 6.08 Å². The number of rotatable bonds is 1. The topological polar surface area (TPSA) is 29.1 Å². The molecule has 1 atom stereocenters. The first kappa shape index (κ1) is 6.49. The molecule has 2 nitrogen and oxygen atoms in total. The maximum absolute atomic E-state index is 10.7. The second-order valence-electron chi connectivity index (χ2n) is 2.18. The Morgan fingerprint density at radius 2 is 2.67 bits per heavy atom. The van der Waals surface area contributed by atoms with E-state index >= 15 is 0 Å². The van der Waals surface area contributed by atoms with Gasteiger partial charge in [0.25, 0.3) is 0 Å². The predicted octanol–water partition coefficient (Wildman–Crippen LogP) is 0.297. The largest absolute Gasteiger partial charge is 0.304 e. The Morgan fingerprint density at radius 3 is 3.00 bits per heavy atom. The van der Waals surface area contributed by atoms with Crippen molar-refractivity contribution in [2.75, 3.05) is 6.54 Å². The van der Waals surface area contributed by atoms with Crippen LogP contribution in [-0.2, 0) is 4.79 Å². The fourth-order valence-electron chi connectivity index (χ4n) is 0.834. The third-order valence-electron chi connectivity index (χ3n) is 1.42. The van der Waals surface area contributed by atoms with Crippen molar-refractivity contribution in [2.45, 2.75) is 19.4 Å². The first-order chi connectivity index (χ1) is 4.30. The molecule has 1 heterocycles. The van der Waals surface area contributed by atoms with Crippen LogP contribution in [0.2, 0.25) is 0 Å². The van der Waals surface area contributed by atoms with E-state index in [4.69, 9.17) is 0 Å². The second kappa shape index (κ2) is 2.78. The summed E-state index contributed by atoms with van der Waals surface area (Å²) in [7, 11) is 0. The van der Waals surface area contributed by atoms with Crippen molar-refractivity contribution in [1.29, 1.82) is 0 Å². The minimum absolute atomic E-state index is 0.0231. The minimum Gasteiger partial charge on any atom is -0.304 e. The third-order valence-corrected chi connectivity index (χ3v) is 1.42. The molecule has 0 aromatic rings. The lowest BCUT2D eigenvalue weighted by Gasteiger charge is -2.15. The highest BCUT2D eigenvalue weighted by Crippen LogP contribution is 1.98. The molecule has 0 spiro atoms. The summed E-state index contributed by atoms with van der Waals surface area (Å²) in [5.41, 5.74) is 0. The number of Topliss-reactive ketones (excluding diaryl/α,β-unsaturated/α-hetero) is 1. The summed E-state index contributed by atoms with van der Waals surface area (Å²) in [5, 5.41) is 3.05. The molecule has 1 rings (SSSR count). The fraction of sp³-hybridized carbons (Fsp3) is 0.571. The van der Waals surface area contributed by atoms with E-state index in [1.165, 1.54) is 0 Å². The molecule has 0 bridgehead atoms. The molecule has 0 aromatic heterocycles. The van der Waals surface area contributed by atoms with Gasteiger partial charge in [-0.15, -0.1) is 0 Å². The number of ketones is 1. The molecule has 0 saturated carbocycles. The smallest absolute Gasteiger partial charge is 0.147 e. The number of carbonyl (C=O) groups is 1. The molecular formula is C7H10NO. The summed E-state index contributed by atoms with van der Waals surface area (Å²) in [6, 6.07) is 0.0231. The normalized spacial score (nSPS) is 26.1. The van der Waals surface area contributed by atoms with Crippen LogP contribution >= 0.6 is 0 Å². The summed E-state index contributed by atoms with van der Waals surface area (Å²) in [4.78, 5) is 10.7. The quantitative estimate of drug-likeness (QED) is 0.544. The highest BCUT2D eigenvalue weighted by Gasteiger charge is 2.12. The predicted molar refractivity (Wildman–Crippen MR) is 34.9 cm³/mol. The average molecular weight is 124 g/mol. The van der Waals surface area contributed by atoms with Crippen LogP contribution in [0.3, 0.4) is 0 Å². The van der Waals surface area contributed by atoms with Crippen molar-refractivity contribution in [3.63, 3.8) is 0 Å². The van der Waals surface area contributed by atoms with Gasteiger partial charge in [-0.05, 0) is 19.4 Å². The first-order valence-electron chi connectivity index (χ1n) is 3.09. The van der Waals surface area contributed by atoms with Crippen LogP contribution in [0.4, 0.5) is 0 Å². The number of carbonyl (C=O) groups excluding carboxylic acids is 1. The number of hydrogen-bond donors (Lipinski definition) is 1. The Labute approximate surface area is 54.9 Å². The van der Waals surface area contributed by atoms with E-state index in [1.807, 2.05) is 6.08 Å². The molecule has 1 unspecified atom stereocenters. The van der Waals surface area contributed by atoms with Crippen LogP contribution in [0, 0.1) is 6.08 Å². The molecule has 1 aliphatic rings.